The van der Waals surface area contributed by atoms with Gasteiger partial charge in [-0.2, -0.15) is 5.10 Å². The van der Waals surface area contributed by atoms with E-state index in [4.69, 9.17) is 0 Å². The van der Waals surface area contributed by atoms with Crippen molar-refractivity contribution in [2.24, 2.45) is 10.2 Å². The lowest BCUT2D eigenvalue weighted by molar-refractivity contribution is -0.384. The summed E-state index contributed by atoms with van der Waals surface area (Å²) in [6.07, 6.45) is 1.44. The minimum atomic E-state index is -0.458. The molecule has 1 aliphatic rings. The quantitative estimate of drug-likeness (QED) is 0.447. The molecule has 1 saturated heterocycles. The molecule has 3 rings (SSSR count). The first-order valence-electron chi connectivity index (χ1n) is 8.33. The van der Waals surface area contributed by atoms with Crippen LogP contribution in [0.2, 0.25) is 0 Å². The van der Waals surface area contributed by atoms with Crippen LogP contribution in [0.3, 0.4) is 0 Å². The summed E-state index contributed by atoms with van der Waals surface area (Å²) in [5, 5.41) is 19.4. The number of hydrogen-bond acceptors (Lipinski definition) is 6. The van der Waals surface area contributed by atoms with Gasteiger partial charge in [0.05, 0.1) is 22.9 Å². The average Bonchev–Trinajstić information content (AvgIpc) is 2.91. The maximum absolute atomic E-state index is 12.5. The second kappa shape index (κ2) is 8.13. The number of nitrogens with zero attached hydrogens (tertiary/aromatic N) is 4. The zero-order valence-corrected chi connectivity index (χ0v) is 15.7. The van der Waals surface area contributed by atoms with Crippen molar-refractivity contribution in [3.05, 3.63) is 75.3 Å². The van der Waals surface area contributed by atoms with Crippen LogP contribution >= 0.6 is 11.8 Å². The van der Waals surface area contributed by atoms with Crippen molar-refractivity contribution in [1.29, 1.82) is 0 Å². The number of aryl methyl sites for hydroxylation is 1. The van der Waals surface area contributed by atoms with E-state index in [9.17, 15) is 14.9 Å². The Balaban J connectivity index is 1.81. The van der Waals surface area contributed by atoms with Gasteiger partial charge >= 0.3 is 0 Å². The molecule has 0 N–H and O–H groups in total. The normalized spacial score (nSPS) is 18.6. The van der Waals surface area contributed by atoms with Gasteiger partial charge in [-0.3, -0.25) is 19.8 Å². The Bertz CT molecular complexity index is 942. The Morgan fingerprint density at radius 1 is 1.26 bits per heavy atom. The third-order valence-electron chi connectivity index (χ3n) is 4.15. The highest BCUT2D eigenvalue weighted by Gasteiger charge is 2.35. The molecule has 0 saturated carbocycles. The van der Waals surface area contributed by atoms with Crippen molar-refractivity contribution in [2.45, 2.75) is 25.6 Å². The van der Waals surface area contributed by atoms with Gasteiger partial charge < -0.3 is 0 Å². The molecule has 1 heterocycles. The number of nitro groups is 1. The van der Waals surface area contributed by atoms with E-state index in [1.807, 2.05) is 38.1 Å². The number of carbonyl (C=O) groups is 1. The topological polar surface area (TPSA) is 88.2 Å². The lowest BCUT2D eigenvalue weighted by Gasteiger charge is -2.16. The Morgan fingerprint density at radius 2 is 2.04 bits per heavy atom. The molecule has 2 aromatic carbocycles. The third-order valence-corrected chi connectivity index (χ3v) is 5.22. The molecular formula is C19H18N4O3S. The van der Waals surface area contributed by atoms with Crippen LogP contribution in [0, 0.1) is 17.0 Å². The minimum absolute atomic E-state index is 0.00690. The predicted molar refractivity (Wildman–Crippen MR) is 107 cm³/mol. The average molecular weight is 382 g/mol. The van der Waals surface area contributed by atoms with Gasteiger partial charge in [0.1, 0.15) is 0 Å². The smallest absolute Gasteiger partial charge is 0.270 e. The van der Waals surface area contributed by atoms with Crippen LogP contribution in [-0.4, -0.2) is 32.4 Å². The maximum Gasteiger partial charge on any atom is 0.270 e. The highest BCUT2D eigenvalue weighted by Crippen LogP contribution is 2.29. The van der Waals surface area contributed by atoms with E-state index in [-0.39, 0.29) is 16.8 Å². The minimum Gasteiger partial charge on any atom is -0.284 e. The number of rotatable bonds is 5. The fourth-order valence-electron chi connectivity index (χ4n) is 2.63. The molecular weight excluding hydrogens is 364 g/mol. The van der Waals surface area contributed by atoms with Crippen LogP contribution in [0.1, 0.15) is 23.6 Å². The monoisotopic (exact) mass is 382 g/mol. The first kappa shape index (κ1) is 18.8. The third kappa shape index (κ3) is 4.40. The summed E-state index contributed by atoms with van der Waals surface area (Å²) in [6.45, 7) is 4.28. The molecule has 0 spiro atoms. The van der Waals surface area contributed by atoms with Crippen molar-refractivity contribution < 1.29 is 9.72 Å². The summed E-state index contributed by atoms with van der Waals surface area (Å²) < 4.78 is 0. The highest BCUT2D eigenvalue weighted by molar-refractivity contribution is 8.15. The number of carbonyl (C=O) groups excluding carboxylic acids is 1. The molecule has 138 valence electrons. The molecule has 27 heavy (non-hydrogen) atoms. The summed E-state index contributed by atoms with van der Waals surface area (Å²) >= 11 is 1.35. The van der Waals surface area contributed by atoms with Gasteiger partial charge in [-0.15, -0.1) is 5.10 Å². The van der Waals surface area contributed by atoms with Gasteiger partial charge in [0.15, 0.2) is 5.17 Å². The van der Waals surface area contributed by atoms with E-state index in [1.54, 1.807) is 17.0 Å². The Hall–Kier alpha value is -3.00. The van der Waals surface area contributed by atoms with Crippen molar-refractivity contribution in [3.63, 3.8) is 0 Å². The van der Waals surface area contributed by atoms with Crippen LogP contribution in [-0.2, 0) is 11.3 Å². The maximum atomic E-state index is 12.5. The molecule has 7 nitrogen and oxygen atoms in total. The molecule has 0 bridgehead atoms. The predicted octanol–water partition coefficient (Wildman–Crippen LogP) is 3.76. The summed E-state index contributed by atoms with van der Waals surface area (Å²) in [5.41, 5.74) is 2.72. The van der Waals surface area contributed by atoms with Crippen LogP contribution < -0.4 is 0 Å². The second-order valence-electron chi connectivity index (χ2n) is 6.09. The zero-order valence-electron chi connectivity index (χ0n) is 14.9. The van der Waals surface area contributed by atoms with Gasteiger partial charge in [-0.05, 0) is 25.0 Å². The van der Waals surface area contributed by atoms with E-state index in [2.05, 4.69) is 10.2 Å². The summed E-state index contributed by atoms with van der Waals surface area (Å²) in [4.78, 5) is 24.5. The second-order valence-corrected chi connectivity index (χ2v) is 7.40. The van der Waals surface area contributed by atoms with E-state index >= 15 is 0 Å². The Morgan fingerprint density at radius 3 is 2.78 bits per heavy atom. The van der Waals surface area contributed by atoms with E-state index < -0.39 is 4.92 Å². The van der Waals surface area contributed by atoms with E-state index in [0.717, 1.165) is 11.1 Å². The van der Waals surface area contributed by atoms with Gasteiger partial charge in [0.2, 0.25) is 5.91 Å². The highest BCUT2D eigenvalue weighted by atomic mass is 32.2. The molecule has 0 radical (unpaired) electrons. The fraction of sp³-hybridized carbons (Fsp3) is 0.211. The van der Waals surface area contributed by atoms with Crippen molar-refractivity contribution >= 4 is 34.7 Å². The number of thioether (sulfide) groups is 1. The first-order valence-corrected chi connectivity index (χ1v) is 9.21. The van der Waals surface area contributed by atoms with Gasteiger partial charge in [-0.1, -0.05) is 48.2 Å². The summed E-state index contributed by atoms with van der Waals surface area (Å²) in [6, 6.07) is 14.0. The van der Waals surface area contributed by atoms with E-state index in [1.165, 1.54) is 30.1 Å². The van der Waals surface area contributed by atoms with Crippen LogP contribution in [0.4, 0.5) is 5.69 Å². The largest absolute Gasteiger partial charge is 0.284 e. The Labute approximate surface area is 160 Å². The lowest BCUT2D eigenvalue weighted by Crippen LogP contribution is -2.31. The molecule has 1 aliphatic heterocycles. The molecule has 1 amide bonds. The van der Waals surface area contributed by atoms with Gasteiger partial charge in [0.25, 0.3) is 5.69 Å². The Kier molecular flexibility index (Phi) is 5.66. The lowest BCUT2D eigenvalue weighted by atomic mass is 10.1. The van der Waals surface area contributed by atoms with Crippen LogP contribution in [0.5, 0.6) is 0 Å². The molecule has 1 atom stereocenters. The van der Waals surface area contributed by atoms with Crippen LogP contribution in [0.15, 0.2) is 58.7 Å². The SMILES string of the molecule is Cc1ccccc1CN1C(=O)[C@H](C)S/C1=N/N=C\c1cccc([N+](=O)[O-])c1. The standard InChI is InChI=1S/C19H18N4O3S/c1-13-6-3-4-8-16(13)12-22-18(24)14(2)27-19(22)21-20-11-15-7-5-9-17(10-15)23(25)26/h3-11,14H,12H2,1-2H3/b20-11-,21-19+/t14-/m0/s1. The zero-order chi connectivity index (χ0) is 19.4. The number of non-ortho nitro benzene ring substituents is 1. The van der Waals surface area contributed by atoms with Gasteiger partial charge in [0, 0.05) is 17.7 Å². The van der Waals surface area contributed by atoms with Crippen molar-refractivity contribution in [1.82, 2.24) is 4.90 Å². The molecule has 0 unspecified atom stereocenters. The first-order chi connectivity index (χ1) is 13.0. The van der Waals surface area contributed by atoms with Gasteiger partial charge in [-0.25, -0.2) is 0 Å². The van der Waals surface area contributed by atoms with E-state index in [0.29, 0.717) is 17.3 Å². The number of nitro benzene ring substituents is 1. The number of amidine groups is 1. The molecule has 8 heteroatoms. The summed E-state index contributed by atoms with van der Waals surface area (Å²) in [7, 11) is 0. The number of amides is 1. The van der Waals surface area contributed by atoms with Crippen LogP contribution in [0.25, 0.3) is 0 Å². The van der Waals surface area contributed by atoms with Crippen molar-refractivity contribution in [2.75, 3.05) is 0 Å². The molecule has 2 aromatic rings. The summed E-state index contributed by atoms with van der Waals surface area (Å²) in [5.74, 6) is -0.00690. The number of benzene rings is 2. The number of hydrogen-bond donors (Lipinski definition) is 0. The molecule has 1 fully saturated rings. The molecule has 0 aromatic heterocycles. The fourth-order valence-corrected chi connectivity index (χ4v) is 3.55. The van der Waals surface area contributed by atoms with Crippen molar-refractivity contribution in [3.8, 4) is 0 Å². The molecule has 0 aliphatic carbocycles.